The van der Waals surface area contributed by atoms with E-state index in [1.54, 1.807) is 17.1 Å². The first-order valence-electron chi connectivity index (χ1n) is 10.9. The van der Waals surface area contributed by atoms with E-state index in [0.717, 1.165) is 12.0 Å². The molecule has 31 heavy (non-hydrogen) atoms. The third-order valence-corrected chi connectivity index (χ3v) is 4.29. The number of benzene rings is 1. The molecule has 0 fully saturated rings. The highest BCUT2D eigenvalue weighted by Gasteiger charge is 2.23. The lowest BCUT2D eigenvalue weighted by molar-refractivity contribution is -0.153. The zero-order valence-electron chi connectivity index (χ0n) is 19.9. The Morgan fingerprint density at radius 3 is 2.29 bits per heavy atom. The van der Waals surface area contributed by atoms with Crippen LogP contribution < -0.4 is 0 Å². The lowest BCUT2D eigenvalue weighted by Crippen LogP contribution is -2.36. The van der Waals surface area contributed by atoms with Gasteiger partial charge >= 0.3 is 12.1 Å². The molecule has 1 amide bonds. The van der Waals surface area contributed by atoms with Gasteiger partial charge in [0.2, 0.25) is 0 Å². The Morgan fingerprint density at radius 2 is 1.71 bits per heavy atom. The van der Waals surface area contributed by atoms with Crippen LogP contribution in [0.15, 0.2) is 42.5 Å². The molecule has 6 heteroatoms. The van der Waals surface area contributed by atoms with Crippen LogP contribution in [0.5, 0.6) is 0 Å². The summed E-state index contributed by atoms with van der Waals surface area (Å²) in [6, 6.07) is 9.72. The fraction of sp³-hybridized carbons (Fsp3) is 0.600. The van der Waals surface area contributed by atoms with Gasteiger partial charge in [0.25, 0.3) is 0 Å². The van der Waals surface area contributed by atoms with E-state index in [4.69, 9.17) is 9.47 Å². The van der Waals surface area contributed by atoms with E-state index in [-0.39, 0.29) is 5.97 Å². The third-order valence-electron chi connectivity index (χ3n) is 4.29. The molecule has 1 aromatic carbocycles. The van der Waals surface area contributed by atoms with Crippen molar-refractivity contribution in [2.24, 2.45) is 5.41 Å². The summed E-state index contributed by atoms with van der Waals surface area (Å²) in [4.78, 5) is 25.9. The fourth-order valence-corrected chi connectivity index (χ4v) is 2.61. The zero-order chi connectivity index (χ0) is 23.5. The van der Waals surface area contributed by atoms with E-state index in [1.165, 1.54) is 0 Å². The molecule has 0 spiro atoms. The number of aliphatic hydroxyl groups excluding tert-OH is 1. The van der Waals surface area contributed by atoms with Gasteiger partial charge < -0.3 is 19.5 Å². The highest BCUT2D eigenvalue weighted by Crippen LogP contribution is 2.16. The number of nitrogens with zero attached hydrogens (tertiary/aromatic N) is 1. The maximum Gasteiger partial charge on any atom is 0.410 e. The topological polar surface area (TPSA) is 76.1 Å². The van der Waals surface area contributed by atoms with Crippen molar-refractivity contribution >= 4 is 12.1 Å². The Kier molecular flexibility index (Phi) is 10.8. The largest absolute Gasteiger partial charge is 0.465 e. The maximum absolute atomic E-state index is 12.6. The molecule has 174 valence electrons. The van der Waals surface area contributed by atoms with Crippen LogP contribution in [-0.4, -0.2) is 46.9 Å². The molecule has 1 rings (SSSR count). The van der Waals surface area contributed by atoms with Crippen molar-refractivity contribution < 1.29 is 24.2 Å². The minimum absolute atomic E-state index is 0.214. The number of rotatable bonds is 10. The molecular formula is C25H39NO5. The predicted molar refractivity (Wildman–Crippen MR) is 122 cm³/mol. The van der Waals surface area contributed by atoms with Crippen LogP contribution >= 0.6 is 0 Å². The van der Waals surface area contributed by atoms with Crippen LogP contribution in [0.2, 0.25) is 0 Å². The molecule has 6 nitrogen and oxygen atoms in total. The average molecular weight is 434 g/mol. The van der Waals surface area contributed by atoms with E-state index in [0.29, 0.717) is 32.5 Å². The van der Waals surface area contributed by atoms with Crippen LogP contribution in [0, 0.1) is 5.41 Å². The van der Waals surface area contributed by atoms with Crippen molar-refractivity contribution in [3.05, 3.63) is 48.0 Å². The highest BCUT2D eigenvalue weighted by molar-refractivity contribution is 5.75. The molecule has 1 N–H and O–H groups in total. The summed E-state index contributed by atoms with van der Waals surface area (Å²) in [6.07, 6.45) is 4.48. The van der Waals surface area contributed by atoms with Gasteiger partial charge in [-0.05, 0) is 66.4 Å². The fourth-order valence-electron chi connectivity index (χ4n) is 2.61. The third kappa shape index (κ3) is 12.2. The summed E-state index contributed by atoms with van der Waals surface area (Å²) in [5.74, 6) is -0.214. The van der Waals surface area contributed by atoms with Gasteiger partial charge in [0.05, 0.1) is 18.1 Å². The molecule has 0 aromatic heterocycles. The monoisotopic (exact) mass is 433 g/mol. The first-order valence-corrected chi connectivity index (χ1v) is 10.9. The van der Waals surface area contributed by atoms with Crippen LogP contribution in [-0.2, 0) is 20.8 Å². The van der Waals surface area contributed by atoms with E-state index in [1.807, 2.05) is 71.9 Å². The molecule has 0 radical (unpaired) electrons. The Bertz CT molecular complexity index is 701. The van der Waals surface area contributed by atoms with Gasteiger partial charge in [0.1, 0.15) is 5.60 Å². The van der Waals surface area contributed by atoms with Gasteiger partial charge in [0.15, 0.2) is 0 Å². The van der Waals surface area contributed by atoms with Gasteiger partial charge in [0, 0.05) is 13.1 Å². The number of amides is 1. The molecule has 0 unspecified atom stereocenters. The SMILES string of the molecule is CC(C)(C)OC(=O)N(C/C=C/[C@@H](O)CCCCOC(=O)C(C)(C)C)Cc1ccccc1. The van der Waals surface area contributed by atoms with Crippen LogP contribution in [0.3, 0.4) is 0 Å². The van der Waals surface area contributed by atoms with Crippen LogP contribution in [0.4, 0.5) is 4.79 Å². The first-order chi connectivity index (χ1) is 14.4. The summed E-state index contributed by atoms with van der Waals surface area (Å²) in [6.45, 7) is 12.1. The number of esters is 1. The van der Waals surface area contributed by atoms with Crippen molar-refractivity contribution in [2.75, 3.05) is 13.2 Å². The summed E-state index contributed by atoms with van der Waals surface area (Å²) in [7, 11) is 0. The van der Waals surface area contributed by atoms with Gasteiger partial charge in [-0.3, -0.25) is 4.79 Å². The number of unbranched alkanes of at least 4 members (excludes halogenated alkanes) is 1. The quantitative estimate of drug-likeness (QED) is 0.316. The molecule has 0 heterocycles. The molecule has 0 saturated carbocycles. The molecule has 0 saturated heterocycles. The smallest absolute Gasteiger partial charge is 0.410 e. The Hall–Kier alpha value is -2.34. The molecule has 0 aliphatic heterocycles. The second-order valence-corrected chi connectivity index (χ2v) is 9.72. The molecule has 0 aliphatic rings. The maximum atomic E-state index is 12.6. The summed E-state index contributed by atoms with van der Waals surface area (Å²) >= 11 is 0. The van der Waals surface area contributed by atoms with E-state index < -0.39 is 23.2 Å². The highest BCUT2D eigenvalue weighted by atomic mass is 16.6. The summed E-state index contributed by atoms with van der Waals surface area (Å²) < 4.78 is 10.7. The molecule has 0 bridgehead atoms. The Morgan fingerprint density at radius 1 is 1.06 bits per heavy atom. The number of ether oxygens (including phenoxy) is 2. The number of carbonyl (C=O) groups is 2. The van der Waals surface area contributed by atoms with Crippen LogP contribution in [0.25, 0.3) is 0 Å². The lowest BCUT2D eigenvalue weighted by atomic mass is 9.97. The Balaban J connectivity index is 2.48. The zero-order valence-corrected chi connectivity index (χ0v) is 19.9. The minimum atomic E-state index is -0.615. The molecule has 1 atom stereocenters. The summed E-state index contributed by atoms with van der Waals surface area (Å²) in [5, 5.41) is 10.2. The van der Waals surface area contributed by atoms with E-state index in [9.17, 15) is 14.7 Å². The van der Waals surface area contributed by atoms with Crippen molar-refractivity contribution in [1.29, 1.82) is 0 Å². The average Bonchev–Trinajstić information content (AvgIpc) is 2.65. The normalized spacial score (nSPS) is 13.1. The van der Waals surface area contributed by atoms with E-state index >= 15 is 0 Å². The minimum Gasteiger partial charge on any atom is -0.465 e. The second kappa shape index (κ2) is 12.5. The van der Waals surface area contributed by atoms with Crippen molar-refractivity contribution in [3.63, 3.8) is 0 Å². The number of hydrogen-bond acceptors (Lipinski definition) is 5. The predicted octanol–water partition coefficient (Wildman–Crippen LogP) is 5.10. The van der Waals surface area contributed by atoms with Gasteiger partial charge in [-0.15, -0.1) is 0 Å². The van der Waals surface area contributed by atoms with Crippen molar-refractivity contribution in [2.45, 2.75) is 79.1 Å². The number of hydrogen-bond donors (Lipinski definition) is 1. The first kappa shape index (κ1) is 26.7. The van der Waals surface area contributed by atoms with Gasteiger partial charge in [-0.25, -0.2) is 4.79 Å². The number of aliphatic hydroxyl groups is 1. The van der Waals surface area contributed by atoms with Crippen molar-refractivity contribution in [3.8, 4) is 0 Å². The number of carbonyl (C=O) groups excluding carboxylic acids is 2. The summed E-state index contributed by atoms with van der Waals surface area (Å²) in [5.41, 5.74) is -0.0691. The van der Waals surface area contributed by atoms with Gasteiger partial charge in [-0.2, -0.15) is 0 Å². The molecular weight excluding hydrogens is 394 g/mol. The lowest BCUT2D eigenvalue weighted by Gasteiger charge is -2.27. The standard InChI is InChI=1S/C25H39NO5/c1-24(2,3)22(28)30-18-11-10-15-21(27)16-12-17-26(23(29)31-25(4,5)6)19-20-13-8-7-9-14-20/h7-9,12-14,16,21,27H,10-11,15,17-19H2,1-6H3/b16-12+/t21-/m0/s1. The molecule has 0 aliphatic carbocycles. The van der Waals surface area contributed by atoms with Crippen LogP contribution in [0.1, 0.15) is 66.4 Å². The van der Waals surface area contributed by atoms with E-state index in [2.05, 4.69) is 0 Å². The van der Waals surface area contributed by atoms with Gasteiger partial charge in [-0.1, -0.05) is 42.5 Å². The Labute approximate surface area is 187 Å². The van der Waals surface area contributed by atoms with Crippen molar-refractivity contribution in [1.82, 2.24) is 4.90 Å². The second-order valence-electron chi connectivity index (χ2n) is 9.72. The molecule has 1 aromatic rings.